The van der Waals surface area contributed by atoms with E-state index in [1.165, 1.54) is 6.92 Å². The summed E-state index contributed by atoms with van der Waals surface area (Å²) in [6.45, 7) is 14.0. The molecule has 0 aromatic rings. The third kappa shape index (κ3) is 9.72. The van der Waals surface area contributed by atoms with Gasteiger partial charge in [-0.2, -0.15) is 0 Å². The van der Waals surface area contributed by atoms with Gasteiger partial charge in [0.15, 0.2) is 25.2 Å². The van der Waals surface area contributed by atoms with Crippen LogP contribution in [0.3, 0.4) is 0 Å². The van der Waals surface area contributed by atoms with Crippen LogP contribution in [0.1, 0.15) is 107 Å². The number of allylic oxidation sites excluding steroid dienone is 1. The minimum atomic E-state index is -1.91. The summed E-state index contributed by atoms with van der Waals surface area (Å²) >= 11 is 0. The number of carboxylic acid groups (broad SMARTS) is 1. The lowest BCUT2D eigenvalue weighted by molar-refractivity contribution is -0.371. The molecule has 14 N–H and O–H groups in total. The normalized spacial score (nSPS) is 52.8. The Morgan fingerprint density at radius 1 is 0.654 bits per heavy atom. The van der Waals surface area contributed by atoms with E-state index in [1.807, 2.05) is 6.92 Å². The second kappa shape index (κ2) is 21.8. The topological polar surface area (TPSA) is 383 Å². The molecule has 9 rings (SSSR count). The monoisotopic (exact) mass is 1120 g/mol. The maximum Gasteiger partial charge on any atom is 0.313 e. The van der Waals surface area contributed by atoms with Crippen molar-refractivity contribution in [2.75, 3.05) is 26.4 Å². The van der Waals surface area contributed by atoms with Gasteiger partial charge < -0.3 is 110 Å². The van der Waals surface area contributed by atoms with Gasteiger partial charge in [0, 0.05) is 12.3 Å². The molecule has 0 unspecified atom stereocenters. The Kier molecular flexibility index (Phi) is 16.9. The van der Waals surface area contributed by atoms with E-state index in [2.05, 4.69) is 52.9 Å². The lowest BCUT2D eigenvalue weighted by Gasteiger charge is -2.72. The van der Waals surface area contributed by atoms with Crippen molar-refractivity contribution >= 4 is 11.9 Å². The number of fused-ring (bicyclic) bond motifs is 7. The number of hydrogen-bond donors (Lipinski definition) is 14. The van der Waals surface area contributed by atoms with Crippen LogP contribution in [0.5, 0.6) is 0 Å². The fourth-order valence-electron chi connectivity index (χ4n) is 16.5. The molecule has 4 aliphatic heterocycles. The smallest absolute Gasteiger partial charge is 0.313 e. The van der Waals surface area contributed by atoms with E-state index in [0.717, 1.165) is 5.57 Å². The number of carbonyl (C=O) groups is 2. The van der Waals surface area contributed by atoms with E-state index in [9.17, 15) is 76.0 Å². The highest BCUT2D eigenvalue weighted by Crippen LogP contribution is 2.76. The molecule has 9 aliphatic rings. The van der Waals surface area contributed by atoms with E-state index in [4.69, 9.17) is 37.9 Å². The van der Waals surface area contributed by atoms with E-state index < -0.39 is 195 Å². The van der Waals surface area contributed by atoms with Crippen molar-refractivity contribution in [3.8, 4) is 0 Å². The Hall–Kier alpha value is -2.12. The summed E-state index contributed by atoms with van der Waals surface area (Å²) in [5, 5.41) is 146. The lowest BCUT2D eigenvalue weighted by Crippen LogP contribution is -2.72. The van der Waals surface area contributed by atoms with Crippen LogP contribution < -0.4 is 5.32 Å². The maximum atomic E-state index is 13.3. The molecule has 28 atom stereocenters. The number of rotatable bonds is 12. The van der Waals surface area contributed by atoms with Crippen molar-refractivity contribution in [1.29, 1.82) is 0 Å². The van der Waals surface area contributed by atoms with Gasteiger partial charge in [0.25, 0.3) is 0 Å². The number of aliphatic hydroxyl groups is 12. The summed E-state index contributed by atoms with van der Waals surface area (Å²) in [6.07, 6.45) is -24.4. The molecular weight excluding hydrogens is 1030 g/mol. The largest absolute Gasteiger partial charge is 0.481 e. The quantitative estimate of drug-likeness (QED) is 0.0735. The second-order valence-corrected chi connectivity index (χ2v) is 26.3. The number of amides is 1. The predicted octanol–water partition coefficient (Wildman–Crippen LogP) is -2.11. The van der Waals surface area contributed by atoms with Gasteiger partial charge in [-0.05, 0) is 90.8 Å². The van der Waals surface area contributed by atoms with Crippen LogP contribution in [0.15, 0.2) is 11.6 Å². The first-order valence-corrected chi connectivity index (χ1v) is 27.8. The van der Waals surface area contributed by atoms with Gasteiger partial charge in [0.2, 0.25) is 5.91 Å². The van der Waals surface area contributed by atoms with E-state index in [1.54, 1.807) is 0 Å². The molecule has 446 valence electrons. The van der Waals surface area contributed by atoms with Gasteiger partial charge in [-0.1, -0.05) is 60.1 Å². The molecule has 5 aliphatic carbocycles. The van der Waals surface area contributed by atoms with Crippen LogP contribution in [0.25, 0.3) is 0 Å². The lowest BCUT2D eigenvalue weighted by atomic mass is 9.32. The Labute approximate surface area is 453 Å². The number of ether oxygens (including phenoxy) is 8. The molecule has 0 radical (unpaired) electrons. The molecule has 1 amide bonds. The molecule has 0 aromatic heterocycles. The average Bonchev–Trinajstić information content (AvgIpc) is 1.99. The molecule has 0 spiro atoms. The van der Waals surface area contributed by atoms with Crippen molar-refractivity contribution < 1.29 is 114 Å². The number of carbonyl (C=O) groups excluding carboxylic acids is 1. The van der Waals surface area contributed by atoms with Crippen LogP contribution >= 0.6 is 0 Å². The molecule has 0 bridgehead atoms. The highest BCUT2D eigenvalue weighted by Gasteiger charge is 2.74. The second-order valence-electron chi connectivity index (χ2n) is 26.3. The number of nitrogens with one attached hydrogen (secondary N) is 1. The zero-order valence-corrected chi connectivity index (χ0v) is 45.8. The van der Waals surface area contributed by atoms with Crippen molar-refractivity contribution in [1.82, 2.24) is 5.32 Å². The van der Waals surface area contributed by atoms with Gasteiger partial charge in [0.05, 0.1) is 44.7 Å². The molecule has 4 heterocycles. The Balaban J connectivity index is 0.903. The molecule has 24 nitrogen and oxygen atoms in total. The summed E-state index contributed by atoms with van der Waals surface area (Å²) in [4.78, 5) is 26.0. The molecule has 4 saturated heterocycles. The SMILES string of the molecule is CC(=O)N[C@@H]1[C@@H](O[C@H]2CC[C@@]3(C)[C@H](CC[C@]4(C)[C@@H]3CC=C3[C@H]5CC(C)(C)CC[C@@]5(C(=O)O)[C@@H](O)[C@H](O)[C@@]34C)C2(C)C)O[C@@H](CO[C@@H]2OC[C@H](O)[C@@H](O)[C@H]2O[C@H]2OC[C@H](O)[C@@H](O[C@@H]3O[C@@H](CO)[C@H](O)[C@@H](O)[C@@H]3O)[C@H]2O)[C@H](O)[C@@H]1O. The average molecular weight is 1120 g/mol. The minimum absolute atomic E-state index is 0.0188. The third-order valence-corrected chi connectivity index (χ3v) is 21.2. The fourth-order valence-corrected chi connectivity index (χ4v) is 16.5. The summed E-state index contributed by atoms with van der Waals surface area (Å²) in [5.41, 5.74) is -3.07. The molecule has 4 saturated carbocycles. The zero-order valence-electron chi connectivity index (χ0n) is 45.8. The molecule has 8 fully saturated rings. The Morgan fingerprint density at radius 2 is 1.29 bits per heavy atom. The first-order valence-electron chi connectivity index (χ1n) is 27.8. The summed E-state index contributed by atoms with van der Waals surface area (Å²) in [7, 11) is 0. The first kappa shape index (κ1) is 60.5. The number of aliphatic carboxylic acids is 1. The third-order valence-electron chi connectivity index (χ3n) is 21.2. The fraction of sp³-hybridized carbons (Fsp3) is 0.926. The molecular formula is C54H87NO23. The molecule has 78 heavy (non-hydrogen) atoms. The van der Waals surface area contributed by atoms with Crippen molar-refractivity contribution in [2.45, 2.75) is 236 Å². The Morgan fingerprint density at radius 3 is 1.96 bits per heavy atom. The highest BCUT2D eigenvalue weighted by atomic mass is 16.8. The minimum Gasteiger partial charge on any atom is -0.481 e. The summed E-state index contributed by atoms with van der Waals surface area (Å²) in [5.74, 6) is -2.00. The van der Waals surface area contributed by atoms with Crippen molar-refractivity contribution in [3.05, 3.63) is 11.6 Å². The summed E-state index contributed by atoms with van der Waals surface area (Å²) < 4.78 is 47.7. The number of carboxylic acids is 1. The molecule has 24 heteroatoms. The highest BCUT2D eigenvalue weighted by molar-refractivity contribution is 5.78. The number of aliphatic hydroxyl groups excluding tert-OH is 12. The van der Waals surface area contributed by atoms with Gasteiger partial charge in [-0.3, -0.25) is 9.59 Å². The van der Waals surface area contributed by atoms with E-state index in [-0.39, 0.29) is 29.1 Å². The van der Waals surface area contributed by atoms with Crippen molar-refractivity contribution in [2.24, 2.45) is 50.2 Å². The van der Waals surface area contributed by atoms with Crippen molar-refractivity contribution in [3.63, 3.8) is 0 Å². The standard InChI is InChI=1S/C54H87NO23/c1-22(57)55-32-36(63)35(62)28(21-73-47-41(33(60)25(58)19-72-47)78-45-39(66)40(26(59)20-71-45)77-46-38(65)37(64)34(61)27(18-56)74-46)75-44(32)76-31-12-13-51(6)29(50(31,4)5)11-14-52(7)30(51)10-9-23-24-17-49(2,3)15-16-54(24,48(69)70)43(68)42(67)53(23,52)8/h9,24-47,56,58-68H,10-21H2,1-8H3,(H,55,57)(H,69,70)/t24-,25+,26+,27+,28+,29-,30-,31+,32+,33-,34+,35+,36-,37-,38+,39-,40-,41-,42+,43+,44-,45-,46+,47+,51+,52-,53-,54+/m1/s1. The predicted molar refractivity (Wildman–Crippen MR) is 266 cm³/mol. The Bertz CT molecular complexity index is 2200. The van der Waals surface area contributed by atoms with Gasteiger partial charge >= 0.3 is 5.97 Å². The van der Waals surface area contributed by atoms with Crippen LogP contribution in [0, 0.1) is 50.2 Å². The maximum absolute atomic E-state index is 13.3. The van der Waals surface area contributed by atoms with Gasteiger partial charge in [0.1, 0.15) is 90.8 Å². The van der Waals surface area contributed by atoms with Crippen LogP contribution in [0.4, 0.5) is 0 Å². The molecule has 0 aromatic carbocycles. The summed E-state index contributed by atoms with van der Waals surface area (Å²) in [6, 6.07) is -1.26. The van der Waals surface area contributed by atoms with Gasteiger partial charge in [-0.15, -0.1) is 0 Å². The number of hydrogen-bond acceptors (Lipinski definition) is 22. The zero-order chi connectivity index (χ0) is 57.1. The van der Waals surface area contributed by atoms with Gasteiger partial charge in [-0.25, -0.2) is 0 Å². The van der Waals surface area contributed by atoms with E-state index >= 15 is 0 Å². The van der Waals surface area contributed by atoms with Crippen LogP contribution in [-0.4, -0.2) is 234 Å². The van der Waals surface area contributed by atoms with Crippen LogP contribution in [-0.2, 0) is 47.5 Å². The van der Waals surface area contributed by atoms with E-state index in [0.29, 0.717) is 44.9 Å². The first-order chi connectivity index (χ1) is 36.4. The van der Waals surface area contributed by atoms with Crippen LogP contribution in [0.2, 0.25) is 0 Å².